The number of amides is 3. The lowest BCUT2D eigenvalue weighted by Crippen LogP contribution is -2.62. The van der Waals surface area contributed by atoms with Gasteiger partial charge in [-0.15, -0.1) is 0 Å². The Labute approximate surface area is 277 Å². The van der Waals surface area contributed by atoms with E-state index in [0.717, 1.165) is 12.0 Å². The number of ether oxygens (including phenoxy) is 3. The molecule has 0 radical (unpaired) electrons. The Morgan fingerprint density at radius 3 is 1.91 bits per heavy atom. The van der Waals surface area contributed by atoms with E-state index in [1.807, 2.05) is 85.7 Å². The van der Waals surface area contributed by atoms with Crippen molar-refractivity contribution in [2.24, 2.45) is 17.8 Å². The van der Waals surface area contributed by atoms with Crippen LogP contribution in [0.1, 0.15) is 94.6 Å². The molecule has 1 aromatic carbocycles. The molecular formula is C36H61N3O7. The Kier molecular flexibility index (Phi) is 15.7. The highest BCUT2D eigenvalue weighted by atomic mass is 16.6. The van der Waals surface area contributed by atoms with Crippen LogP contribution in [0.2, 0.25) is 0 Å². The fraction of sp³-hybridized carbons (Fsp3) is 0.722. The predicted molar refractivity (Wildman–Crippen MR) is 181 cm³/mol. The number of nitrogens with zero attached hydrogens (tertiary/aromatic N) is 2. The van der Waals surface area contributed by atoms with Crippen molar-refractivity contribution < 1.29 is 33.4 Å². The van der Waals surface area contributed by atoms with Crippen LogP contribution in [-0.2, 0) is 34.0 Å². The highest BCUT2D eigenvalue weighted by Gasteiger charge is 2.45. The maximum atomic E-state index is 14.3. The van der Waals surface area contributed by atoms with Crippen molar-refractivity contribution in [3.63, 3.8) is 0 Å². The Morgan fingerprint density at radius 1 is 0.891 bits per heavy atom. The SMILES string of the molecule is CC[C@H](C)[C@@H]([C@@H](CC(=O)OCC(C)C)OC)N(C)C(=O)[C@@H](NC(=O)[C@@H](N(C)C(=O)OC(C)(C)C)C(C)(C)c1ccccc1)C(C)C. The highest BCUT2D eigenvalue weighted by molar-refractivity contribution is 5.92. The third-order valence-corrected chi connectivity index (χ3v) is 8.40. The molecule has 0 aliphatic heterocycles. The van der Waals surface area contributed by atoms with Crippen LogP contribution in [0.5, 0.6) is 0 Å². The molecule has 3 amide bonds. The minimum atomic E-state index is -1.02. The fourth-order valence-electron chi connectivity index (χ4n) is 5.63. The number of methoxy groups -OCH3 is 1. The zero-order valence-electron chi connectivity index (χ0n) is 30.8. The molecule has 10 nitrogen and oxygen atoms in total. The zero-order valence-corrected chi connectivity index (χ0v) is 30.8. The van der Waals surface area contributed by atoms with Gasteiger partial charge in [-0.05, 0) is 44.1 Å². The average molecular weight is 648 g/mol. The summed E-state index contributed by atoms with van der Waals surface area (Å²) in [5, 5.41) is 3.00. The molecule has 0 aliphatic carbocycles. The second kappa shape index (κ2) is 17.7. The first-order valence-corrected chi connectivity index (χ1v) is 16.5. The van der Waals surface area contributed by atoms with Crippen molar-refractivity contribution in [2.45, 2.75) is 124 Å². The number of nitrogens with one attached hydrogen (secondary N) is 1. The summed E-state index contributed by atoms with van der Waals surface area (Å²) in [6.07, 6.45) is -0.543. The fourth-order valence-corrected chi connectivity index (χ4v) is 5.63. The van der Waals surface area contributed by atoms with Gasteiger partial charge in [0.15, 0.2) is 0 Å². The van der Waals surface area contributed by atoms with Gasteiger partial charge in [-0.1, -0.05) is 92.1 Å². The summed E-state index contributed by atoms with van der Waals surface area (Å²) in [5.74, 6) is -1.31. The molecule has 5 atom stereocenters. The van der Waals surface area contributed by atoms with Crippen molar-refractivity contribution in [2.75, 3.05) is 27.8 Å². The molecule has 262 valence electrons. The van der Waals surface area contributed by atoms with Crippen LogP contribution < -0.4 is 5.32 Å². The van der Waals surface area contributed by atoms with Crippen LogP contribution >= 0.6 is 0 Å². The van der Waals surface area contributed by atoms with Crippen molar-refractivity contribution in [1.29, 1.82) is 0 Å². The third-order valence-electron chi connectivity index (χ3n) is 8.40. The van der Waals surface area contributed by atoms with E-state index in [0.29, 0.717) is 6.61 Å². The first-order valence-electron chi connectivity index (χ1n) is 16.5. The van der Waals surface area contributed by atoms with E-state index < -0.39 is 47.2 Å². The number of esters is 1. The van der Waals surface area contributed by atoms with E-state index in [-0.39, 0.29) is 36.1 Å². The van der Waals surface area contributed by atoms with Gasteiger partial charge in [0.05, 0.1) is 25.2 Å². The van der Waals surface area contributed by atoms with Gasteiger partial charge in [-0.2, -0.15) is 0 Å². The lowest BCUT2D eigenvalue weighted by atomic mass is 9.76. The van der Waals surface area contributed by atoms with E-state index in [4.69, 9.17) is 14.2 Å². The lowest BCUT2D eigenvalue weighted by molar-refractivity contribution is -0.152. The van der Waals surface area contributed by atoms with E-state index in [9.17, 15) is 19.2 Å². The van der Waals surface area contributed by atoms with Gasteiger partial charge in [0.1, 0.15) is 17.7 Å². The number of likely N-dealkylation sites (N-methyl/N-ethyl adjacent to an activating group) is 2. The summed E-state index contributed by atoms with van der Waals surface area (Å²) in [6, 6.07) is 7.08. The number of benzene rings is 1. The first-order chi connectivity index (χ1) is 21.2. The minimum Gasteiger partial charge on any atom is -0.465 e. The van der Waals surface area contributed by atoms with Crippen molar-refractivity contribution in [3.05, 3.63) is 35.9 Å². The first kappa shape index (κ1) is 40.9. The molecule has 1 aromatic rings. The molecule has 46 heavy (non-hydrogen) atoms. The summed E-state index contributed by atoms with van der Waals surface area (Å²) >= 11 is 0. The summed E-state index contributed by atoms with van der Waals surface area (Å²) in [4.78, 5) is 57.5. The molecule has 0 saturated heterocycles. The van der Waals surface area contributed by atoms with Gasteiger partial charge in [0.2, 0.25) is 11.8 Å². The molecule has 0 aliphatic rings. The van der Waals surface area contributed by atoms with Gasteiger partial charge < -0.3 is 24.4 Å². The largest absolute Gasteiger partial charge is 0.465 e. The number of carbonyl (C=O) groups is 4. The van der Waals surface area contributed by atoms with Gasteiger partial charge in [-0.25, -0.2) is 4.79 Å². The molecule has 0 aromatic heterocycles. The molecule has 0 fully saturated rings. The molecule has 1 N–H and O–H groups in total. The maximum absolute atomic E-state index is 14.3. The van der Waals surface area contributed by atoms with E-state index >= 15 is 0 Å². The summed E-state index contributed by atoms with van der Waals surface area (Å²) in [7, 11) is 4.75. The van der Waals surface area contributed by atoms with Gasteiger partial charge >= 0.3 is 12.1 Å². The third kappa shape index (κ3) is 11.6. The van der Waals surface area contributed by atoms with E-state index in [2.05, 4.69) is 5.32 Å². The van der Waals surface area contributed by atoms with Crippen LogP contribution in [-0.4, -0.2) is 91.3 Å². The molecule has 0 unspecified atom stereocenters. The van der Waals surface area contributed by atoms with Crippen molar-refractivity contribution in [3.8, 4) is 0 Å². The Bertz CT molecular complexity index is 1130. The number of hydrogen-bond donors (Lipinski definition) is 1. The highest BCUT2D eigenvalue weighted by Crippen LogP contribution is 2.32. The van der Waals surface area contributed by atoms with Crippen LogP contribution in [0.25, 0.3) is 0 Å². The zero-order chi connectivity index (χ0) is 35.6. The average Bonchev–Trinajstić information content (AvgIpc) is 2.97. The second-order valence-corrected chi connectivity index (χ2v) is 14.7. The monoisotopic (exact) mass is 647 g/mol. The lowest BCUT2D eigenvalue weighted by Gasteiger charge is -2.42. The topological polar surface area (TPSA) is 114 Å². The summed E-state index contributed by atoms with van der Waals surface area (Å²) in [5.41, 5.74) is -0.782. The van der Waals surface area contributed by atoms with Crippen LogP contribution in [0.15, 0.2) is 30.3 Å². The van der Waals surface area contributed by atoms with Gasteiger partial charge in [-0.3, -0.25) is 19.3 Å². The van der Waals surface area contributed by atoms with E-state index in [1.165, 1.54) is 12.0 Å². The molecule has 0 saturated carbocycles. The normalized spacial score (nSPS) is 15.4. The van der Waals surface area contributed by atoms with E-state index in [1.54, 1.807) is 39.8 Å². The molecule has 10 heteroatoms. The van der Waals surface area contributed by atoms with Gasteiger partial charge in [0, 0.05) is 26.6 Å². The Morgan fingerprint density at radius 2 is 1.46 bits per heavy atom. The van der Waals surface area contributed by atoms with Crippen LogP contribution in [0.4, 0.5) is 4.79 Å². The summed E-state index contributed by atoms with van der Waals surface area (Å²) in [6.45, 7) is 21.1. The second-order valence-electron chi connectivity index (χ2n) is 14.7. The predicted octanol–water partition coefficient (Wildman–Crippen LogP) is 5.82. The standard InChI is InChI=1S/C36H61N3O7/c1-15-25(6)30(27(44-14)21-28(40)45-22-23(2)3)38(12)33(42)29(24(4)5)37-32(41)31(39(13)34(43)46-35(7,8)9)36(10,11)26-19-17-16-18-20-26/h16-20,23-25,27,29-31H,15,21-22H2,1-14H3,(H,37,41)/t25-,27+,29-,30-,31+/m0/s1. The number of carbonyl (C=O) groups excluding carboxylic acids is 4. The molecule has 1 rings (SSSR count). The Hall–Kier alpha value is -3.14. The molecule has 0 bridgehead atoms. The summed E-state index contributed by atoms with van der Waals surface area (Å²) < 4.78 is 16.9. The number of rotatable bonds is 16. The Balaban J connectivity index is 3.49. The molecule has 0 heterocycles. The molecule has 0 spiro atoms. The van der Waals surface area contributed by atoms with Gasteiger partial charge in [0.25, 0.3) is 0 Å². The smallest absolute Gasteiger partial charge is 0.410 e. The van der Waals surface area contributed by atoms with Crippen molar-refractivity contribution in [1.82, 2.24) is 15.1 Å². The minimum absolute atomic E-state index is 0.0113. The molecular weight excluding hydrogens is 586 g/mol. The van der Waals surface area contributed by atoms with Crippen LogP contribution in [0, 0.1) is 17.8 Å². The van der Waals surface area contributed by atoms with Crippen molar-refractivity contribution >= 4 is 23.9 Å². The quantitative estimate of drug-likeness (QED) is 0.225. The number of hydrogen-bond acceptors (Lipinski definition) is 7. The van der Waals surface area contributed by atoms with Crippen LogP contribution in [0.3, 0.4) is 0 Å². The maximum Gasteiger partial charge on any atom is 0.410 e.